The molecule has 0 saturated heterocycles. The Morgan fingerprint density at radius 3 is 2.53 bits per heavy atom. The van der Waals surface area contributed by atoms with Gasteiger partial charge < -0.3 is 0 Å². The third kappa shape index (κ3) is 3.09. The fraction of sp³-hybridized carbons (Fsp3) is 0.385. The summed E-state index contributed by atoms with van der Waals surface area (Å²) in [5.74, 6) is 2.39. The van der Waals surface area contributed by atoms with Crippen LogP contribution in [0.3, 0.4) is 0 Å². The van der Waals surface area contributed by atoms with Gasteiger partial charge in [-0.15, -0.1) is 6.42 Å². The zero-order valence-corrected chi connectivity index (χ0v) is 11.0. The topological polar surface area (TPSA) is 37.4 Å². The van der Waals surface area contributed by atoms with E-state index in [1.54, 1.807) is 25.1 Å². The Morgan fingerprint density at radius 1 is 1.35 bits per heavy atom. The highest BCUT2D eigenvalue weighted by molar-refractivity contribution is 7.89. The van der Waals surface area contributed by atoms with Gasteiger partial charge in [-0.05, 0) is 25.0 Å². The lowest BCUT2D eigenvalue weighted by Gasteiger charge is -2.20. The van der Waals surface area contributed by atoms with Crippen molar-refractivity contribution in [3.63, 3.8) is 0 Å². The van der Waals surface area contributed by atoms with Crippen molar-refractivity contribution in [2.24, 2.45) is 0 Å². The summed E-state index contributed by atoms with van der Waals surface area (Å²) in [6.07, 6.45) is 5.96. The monoisotopic (exact) mass is 251 g/mol. The van der Waals surface area contributed by atoms with Gasteiger partial charge in [0.05, 0.1) is 11.4 Å². The average Bonchev–Trinajstić information content (AvgIpc) is 2.29. The molecule has 0 spiro atoms. The van der Waals surface area contributed by atoms with Gasteiger partial charge in [0.15, 0.2) is 0 Å². The molecule has 0 atom stereocenters. The molecule has 0 aliphatic carbocycles. The first-order valence-corrected chi connectivity index (χ1v) is 6.97. The first kappa shape index (κ1) is 13.8. The van der Waals surface area contributed by atoms with E-state index in [0.717, 1.165) is 12.0 Å². The van der Waals surface area contributed by atoms with E-state index in [1.165, 1.54) is 4.31 Å². The van der Waals surface area contributed by atoms with Gasteiger partial charge >= 0.3 is 0 Å². The van der Waals surface area contributed by atoms with Crippen molar-refractivity contribution in [3.8, 4) is 12.3 Å². The summed E-state index contributed by atoms with van der Waals surface area (Å²) in [6.45, 7) is 4.27. The van der Waals surface area contributed by atoms with Gasteiger partial charge in [-0.3, -0.25) is 0 Å². The summed E-state index contributed by atoms with van der Waals surface area (Å²) in [7, 11) is -3.47. The SMILES string of the molecule is C#CCN(CCC)S(=O)(=O)c1ccccc1C. The number of hydrogen-bond donors (Lipinski definition) is 0. The maximum absolute atomic E-state index is 12.4. The largest absolute Gasteiger partial charge is 0.244 e. The molecule has 92 valence electrons. The minimum atomic E-state index is -3.47. The van der Waals surface area contributed by atoms with E-state index in [0.29, 0.717) is 11.4 Å². The number of rotatable bonds is 5. The van der Waals surface area contributed by atoms with Crippen molar-refractivity contribution in [2.45, 2.75) is 25.2 Å². The van der Waals surface area contributed by atoms with Crippen LogP contribution in [0, 0.1) is 19.3 Å². The van der Waals surface area contributed by atoms with Crippen molar-refractivity contribution in [1.29, 1.82) is 0 Å². The van der Waals surface area contributed by atoms with Crippen molar-refractivity contribution in [2.75, 3.05) is 13.1 Å². The Hall–Kier alpha value is -1.31. The van der Waals surface area contributed by atoms with Crippen molar-refractivity contribution in [3.05, 3.63) is 29.8 Å². The quantitative estimate of drug-likeness (QED) is 0.751. The molecule has 0 radical (unpaired) electrons. The van der Waals surface area contributed by atoms with Crippen LogP contribution in [-0.4, -0.2) is 25.8 Å². The second kappa shape index (κ2) is 5.85. The van der Waals surface area contributed by atoms with Gasteiger partial charge in [0.1, 0.15) is 0 Å². The van der Waals surface area contributed by atoms with Crippen molar-refractivity contribution in [1.82, 2.24) is 4.31 Å². The fourth-order valence-electron chi connectivity index (χ4n) is 1.62. The van der Waals surface area contributed by atoms with Crippen LogP contribution >= 0.6 is 0 Å². The van der Waals surface area contributed by atoms with Crippen LogP contribution in [0.5, 0.6) is 0 Å². The summed E-state index contributed by atoms with van der Waals surface area (Å²) in [5.41, 5.74) is 0.741. The molecule has 17 heavy (non-hydrogen) atoms. The summed E-state index contributed by atoms with van der Waals surface area (Å²) >= 11 is 0. The molecule has 0 bridgehead atoms. The lowest BCUT2D eigenvalue weighted by atomic mass is 10.2. The number of hydrogen-bond acceptors (Lipinski definition) is 2. The van der Waals surface area contributed by atoms with E-state index < -0.39 is 10.0 Å². The lowest BCUT2D eigenvalue weighted by Crippen LogP contribution is -2.32. The highest BCUT2D eigenvalue weighted by Gasteiger charge is 2.24. The van der Waals surface area contributed by atoms with Crippen LogP contribution in [0.15, 0.2) is 29.2 Å². The summed E-state index contributed by atoms with van der Waals surface area (Å²) in [4.78, 5) is 0.337. The zero-order valence-electron chi connectivity index (χ0n) is 10.2. The molecule has 0 saturated carbocycles. The van der Waals surface area contributed by atoms with E-state index in [4.69, 9.17) is 6.42 Å². The van der Waals surface area contributed by atoms with Gasteiger partial charge in [-0.2, -0.15) is 4.31 Å². The summed E-state index contributed by atoms with van der Waals surface area (Å²) in [5, 5.41) is 0. The van der Waals surface area contributed by atoms with Crippen LogP contribution in [0.1, 0.15) is 18.9 Å². The summed E-state index contributed by atoms with van der Waals surface area (Å²) in [6, 6.07) is 6.94. The molecule has 4 heteroatoms. The second-order valence-electron chi connectivity index (χ2n) is 3.81. The van der Waals surface area contributed by atoms with E-state index >= 15 is 0 Å². The molecule has 0 N–H and O–H groups in total. The molecular weight excluding hydrogens is 234 g/mol. The Kier molecular flexibility index (Phi) is 4.73. The third-order valence-electron chi connectivity index (χ3n) is 2.45. The van der Waals surface area contributed by atoms with E-state index in [9.17, 15) is 8.42 Å². The highest BCUT2D eigenvalue weighted by atomic mass is 32.2. The maximum atomic E-state index is 12.4. The van der Waals surface area contributed by atoms with Crippen molar-refractivity contribution < 1.29 is 8.42 Å². The molecular formula is C13H17NO2S. The van der Waals surface area contributed by atoms with E-state index in [-0.39, 0.29) is 6.54 Å². The molecule has 0 heterocycles. The number of terminal acetylenes is 1. The number of sulfonamides is 1. The first-order valence-electron chi connectivity index (χ1n) is 5.53. The molecule has 3 nitrogen and oxygen atoms in total. The smallest absolute Gasteiger partial charge is 0.207 e. The molecule has 0 aromatic heterocycles. The van der Waals surface area contributed by atoms with Gasteiger partial charge in [0.2, 0.25) is 10.0 Å². The minimum Gasteiger partial charge on any atom is -0.207 e. The van der Waals surface area contributed by atoms with Crippen LogP contribution in [0.2, 0.25) is 0 Å². The lowest BCUT2D eigenvalue weighted by molar-refractivity contribution is 0.445. The van der Waals surface area contributed by atoms with Crippen molar-refractivity contribution >= 4 is 10.0 Å². The van der Waals surface area contributed by atoms with Crippen LogP contribution < -0.4 is 0 Å². The standard InChI is InChI=1S/C13H17NO2S/c1-4-10-14(11-5-2)17(15,16)13-9-7-6-8-12(13)3/h1,6-9H,5,10-11H2,2-3H3. The van der Waals surface area contributed by atoms with Gasteiger partial charge in [0.25, 0.3) is 0 Å². The Labute approximate surface area is 104 Å². The molecule has 0 fully saturated rings. The Morgan fingerprint density at radius 2 is 2.00 bits per heavy atom. The summed E-state index contributed by atoms with van der Waals surface area (Å²) < 4.78 is 26.1. The second-order valence-corrected chi connectivity index (χ2v) is 5.71. The molecule has 0 unspecified atom stereocenters. The van der Waals surface area contributed by atoms with Crippen LogP contribution in [0.4, 0.5) is 0 Å². The van der Waals surface area contributed by atoms with Crippen LogP contribution in [-0.2, 0) is 10.0 Å². The molecule has 1 aromatic carbocycles. The first-order chi connectivity index (χ1) is 8.04. The molecule has 0 aliphatic rings. The van der Waals surface area contributed by atoms with Crippen LogP contribution in [0.25, 0.3) is 0 Å². The maximum Gasteiger partial charge on any atom is 0.244 e. The predicted molar refractivity (Wildman–Crippen MR) is 69.1 cm³/mol. The molecule has 1 aromatic rings. The minimum absolute atomic E-state index is 0.116. The van der Waals surface area contributed by atoms with E-state index in [2.05, 4.69) is 5.92 Å². The third-order valence-corrected chi connectivity index (χ3v) is 4.46. The fourth-order valence-corrected chi connectivity index (χ4v) is 3.29. The molecule has 0 amide bonds. The number of nitrogens with zero attached hydrogens (tertiary/aromatic N) is 1. The molecule has 0 aliphatic heterocycles. The predicted octanol–water partition coefficient (Wildman–Crippen LogP) is 2.03. The Bertz CT molecular complexity index is 514. The van der Waals surface area contributed by atoms with Gasteiger partial charge in [-0.25, -0.2) is 8.42 Å². The van der Waals surface area contributed by atoms with Gasteiger partial charge in [0, 0.05) is 6.54 Å². The van der Waals surface area contributed by atoms with Gasteiger partial charge in [-0.1, -0.05) is 31.0 Å². The number of aryl methyl sites for hydroxylation is 1. The molecule has 1 rings (SSSR count). The zero-order chi connectivity index (χ0) is 12.9. The Balaban J connectivity index is 3.18. The average molecular weight is 251 g/mol. The van der Waals surface area contributed by atoms with E-state index in [1.807, 2.05) is 13.0 Å². The number of benzene rings is 1. The normalized spacial score (nSPS) is 11.4. The highest BCUT2D eigenvalue weighted by Crippen LogP contribution is 2.19.